The highest BCUT2D eigenvalue weighted by molar-refractivity contribution is 5.73. The van der Waals surface area contributed by atoms with E-state index in [2.05, 4.69) is 5.32 Å². The van der Waals surface area contributed by atoms with Crippen LogP contribution in [-0.2, 0) is 14.3 Å². The predicted octanol–water partition coefficient (Wildman–Crippen LogP) is -2.42. The molecule has 1 aliphatic rings. The lowest BCUT2D eigenvalue weighted by Gasteiger charge is -2.41. The van der Waals surface area contributed by atoms with Gasteiger partial charge < -0.3 is 30.1 Å². The van der Waals surface area contributed by atoms with Crippen LogP contribution < -0.4 is 5.32 Å². The highest BCUT2D eigenvalue weighted by Gasteiger charge is 2.45. The molecule has 0 aromatic carbocycles. The van der Waals surface area contributed by atoms with Crippen molar-refractivity contribution in [3.63, 3.8) is 0 Å². The number of amides is 1. The second-order valence-electron chi connectivity index (χ2n) is 3.66. The second kappa shape index (κ2) is 5.55. The smallest absolute Gasteiger partial charge is 0.217 e. The van der Waals surface area contributed by atoms with E-state index in [4.69, 9.17) is 14.6 Å². The number of carbonyl (C=O) groups is 1. The lowest BCUT2D eigenvalue weighted by Crippen LogP contribution is -2.64. The van der Waals surface area contributed by atoms with Crippen molar-refractivity contribution >= 4 is 5.91 Å². The van der Waals surface area contributed by atoms with Gasteiger partial charge in [-0.05, 0) is 0 Å². The summed E-state index contributed by atoms with van der Waals surface area (Å²) in [5.74, 6) is -0.371. The first kappa shape index (κ1) is 13.3. The molecule has 94 valence electrons. The molecule has 1 amide bonds. The van der Waals surface area contributed by atoms with Crippen LogP contribution in [-0.4, -0.2) is 65.6 Å². The highest BCUT2D eigenvalue weighted by atomic mass is 16.6. The van der Waals surface area contributed by atoms with Crippen LogP contribution >= 0.6 is 0 Å². The fourth-order valence-corrected chi connectivity index (χ4v) is 1.76. The van der Waals surface area contributed by atoms with Gasteiger partial charge in [-0.25, -0.2) is 0 Å². The number of aliphatic hydroxyl groups excluding tert-OH is 3. The quantitative estimate of drug-likeness (QED) is 0.433. The number of rotatable bonds is 3. The van der Waals surface area contributed by atoms with E-state index in [1.807, 2.05) is 0 Å². The minimum Gasteiger partial charge on any atom is -0.394 e. The highest BCUT2D eigenvalue weighted by Crippen LogP contribution is 2.21. The summed E-state index contributed by atoms with van der Waals surface area (Å²) in [6, 6.07) is -0.861. The van der Waals surface area contributed by atoms with Crippen LogP contribution in [0.15, 0.2) is 0 Å². The Morgan fingerprint density at radius 3 is 2.56 bits per heavy atom. The van der Waals surface area contributed by atoms with Crippen molar-refractivity contribution in [2.45, 2.75) is 37.6 Å². The zero-order chi connectivity index (χ0) is 12.3. The monoisotopic (exact) mass is 235 g/mol. The van der Waals surface area contributed by atoms with Crippen LogP contribution in [0.4, 0.5) is 0 Å². The maximum Gasteiger partial charge on any atom is 0.217 e. The van der Waals surface area contributed by atoms with E-state index in [0.29, 0.717) is 0 Å². The first-order chi connectivity index (χ1) is 7.51. The van der Waals surface area contributed by atoms with E-state index in [9.17, 15) is 15.0 Å². The number of hydrogen-bond donors (Lipinski definition) is 4. The largest absolute Gasteiger partial charge is 0.394 e. The molecule has 16 heavy (non-hydrogen) atoms. The molecule has 0 aromatic rings. The van der Waals surface area contributed by atoms with Gasteiger partial charge in [-0.2, -0.15) is 0 Å². The molecular weight excluding hydrogens is 218 g/mol. The van der Waals surface area contributed by atoms with Crippen LogP contribution in [0.1, 0.15) is 6.92 Å². The van der Waals surface area contributed by atoms with Crippen molar-refractivity contribution < 1.29 is 29.6 Å². The van der Waals surface area contributed by atoms with Gasteiger partial charge in [-0.1, -0.05) is 0 Å². The summed E-state index contributed by atoms with van der Waals surface area (Å²) in [6.07, 6.45) is -4.19. The van der Waals surface area contributed by atoms with Gasteiger partial charge >= 0.3 is 0 Å². The van der Waals surface area contributed by atoms with Gasteiger partial charge in [-0.3, -0.25) is 4.79 Å². The number of hydrogen-bond acceptors (Lipinski definition) is 6. The van der Waals surface area contributed by atoms with Gasteiger partial charge in [-0.15, -0.1) is 0 Å². The minimum absolute atomic E-state index is 0.371. The topological polar surface area (TPSA) is 108 Å². The van der Waals surface area contributed by atoms with E-state index in [-0.39, 0.29) is 5.91 Å². The number of nitrogens with one attached hydrogen (secondary N) is 1. The molecule has 0 spiro atoms. The Hall–Kier alpha value is -0.730. The van der Waals surface area contributed by atoms with Gasteiger partial charge in [0.1, 0.15) is 24.4 Å². The average Bonchev–Trinajstić information content (AvgIpc) is 2.23. The van der Waals surface area contributed by atoms with E-state index in [1.165, 1.54) is 14.0 Å². The van der Waals surface area contributed by atoms with Crippen LogP contribution in [0.5, 0.6) is 0 Å². The molecule has 7 heteroatoms. The molecule has 7 nitrogen and oxygen atoms in total. The van der Waals surface area contributed by atoms with E-state index in [1.54, 1.807) is 0 Å². The lowest BCUT2D eigenvalue weighted by atomic mass is 9.97. The standard InChI is InChI=1S/C9H17NO6/c1-4(12)10-6-8(15-2)7(13)5(3-11)16-9(6)14/h5-9,11,13-14H,3H2,1-2H3,(H,10,12)/t5?,6?,7-,8?,9-/m1/s1. The maximum atomic E-state index is 10.9. The Kier molecular flexibility index (Phi) is 4.63. The van der Waals surface area contributed by atoms with E-state index in [0.717, 1.165) is 0 Å². The summed E-state index contributed by atoms with van der Waals surface area (Å²) in [7, 11) is 1.34. The van der Waals surface area contributed by atoms with Gasteiger partial charge in [0.2, 0.25) is 5.91 Å². The molecule has 0 bridgehead atoms. The van der Waals surface area contributed by atoms with Crippen molar-refractivity contribution in [2.75, 3.05) is 13.7 Å². The third kappa shape index (κ3) is 2.69. The maximum absolute atomic E-state index is 10.9. The first-order valence-electron chi connectivity index (χ1n) is 4.93. The summed E-state index contributed by atoms with van der Waals surface area (Å²) in [4.78, 5) is 10.9. The van der Waals surface area contributed by atoms with E-state index < -0.39 is 37.3 Å². The Morgan fingerprint density at radius 2 is 2.12 bits per heavy atom. The molecule has 1 heterocycles. The molecule has 1 fully saturated rings. The molecule has 0 aliphatic carbocycles. The third-order valence-corrected chi connectivity index (χ3v) is 2.51. The van der Waals surface area contributed by atoms with Crippen LogP contribution in [0.2, 0.25) is 0 Å². The molecule has 3 unspecified atom stereocenters. The normalized spacial score (nSPS) is 39.4. The predicted molar refractivity (Wildman–Crippen MR) is 52.4 cm³/mol. The van der Waals surface area contributed by atoms with Crippen molar-refractivity contribution in [3.05, 3.63) is 0 Å². The molecule has 5 atom stereocenters. The summed E-state index contributed by atoms with van der Waals surface area (Å²) in [5, 5.41) is 30.7. The number of methoxy groups -OCH3 is 1. The number of ether oxygens (including phenoxy) is 2. The molecule has 0 radical (unpaired) electrons. The van der Waals surface area contributed by atoms with Gasteiger partial charge in [0.25, 0.3) is 0 Å². The lowest BCUT2D eigenvalue weighted by molar-refractivity contribution is -0.258. The molecular formula is C9H17NO6. The number of aliphatic hydroxyl groups is 3. The molecule has 4 N–H and O–H groups in total. The minimum atomic E-state index is -1.32. The first-order valence-corrected chi connectivity index (χ1v) is 4.93. The zero-order valence-corrected chi connectivity index (χ0v) is 9.16. The van der Waals surface area contributed by atoms with Crippen molar-refractivity contribution in [3.8, 4) is 0 Å². The van der Waals surface area contributed by atoms with Crippen molar-refractivity contribution in [1.82, 2.24) is 5.32 Å². The van der Waals surface area contributed by atoms with Crippen molar-refractivity contribution in [1.29, 1.82) is 0 Å². The fraction of sp³-hybridized carbons (Fsp3) is 0.889. The molecule has 1 saturated heterocycles. The zero-order valence-electron chi connectivity index (χ0n) is 9.16. The van der Waals surface area contributed by atoms with E-state index >= 15 is 0 Å². The molecule has 0 aromatic heterocycles. The van der Waals surface area contributed by atoms with Gasteiger partial charge in [0.15, 0.2) is 6.29 Å². The van der Waals surface area contributed by atoms with Crippen LogP contribution in [0.3, 0.4) is 0 Å². The molecule has 1 aliphatic heterocycles. The second-order valence-corrected chi connectivity index (χ2v) is 3.66. The van der Waals surface area contributed by atoms with Gasteiger partial charge in [0, 0.05) is 14.0 Å². The van der Waals surface area contributed by atoms with Crippen LogP contribution in [0.25, 0.3) is 0 Å². The summed E-state index contributed by atoms with van der Waals surface area (Å²) in [5.41, 5.74) is 0. The Bertz CT molecular complexity index is 248. The molecule has 1 rings (SSSR count). The fourth-order valence-electron chi connectivity index (χ4n) is 1.76. The average molecular weight is 235 g/mol. The summed E-state index contributed by atoms with van der Waals surface area (Å²) >= 11 is 0. The Balaban J connectivity index is 2.78. The van der Waals surface area contributed by atoms with Gasteiger partial charge in [0.05, 0.1) is 6.61 Å². The SMILES string of the molecule is COC1C(NC(C)=O)[C@H](O)OC(CO)[C@H]1O. The van der Waals surface area contributed by atoms with Crippen molar-refractivity contribution in [2.24, 2.45) is 0 Å². The summed E-state index contributed by atoms with van der Waals surface area (Å²) < 4.78 is 9.96. The Labute approximate surface area is 93.0 Å². The number of carbonyl (C=O) groups excluding carboxylic acids is 1. The summed E-state index contributed by atoms with van der Waals surface area (Å²) in [6.45, 7) is 0.842. The Morgan fingerprint density at radius 1 is 1.50 bits per heavy atom. The molecule has 0 saturated carbocycles. The third-order valence-electron chi connectivity index (χ3n) is 2.51. The van der Waals surface area contributed by atoms with Crippen LogP contribution in [0, 0.1) is 0 Å².